The first-order valence-corrected chi connectivity index (χ1v) is 9.05. The van der Waals surface area contributed by atoms with Crippen molar-refractivity contribution in [2.24, 2.45) is 0 Å². The van der Waals surface area contributed by atoms with Crippen LogP contribution >= 0.6 is 23.4 Å². The van der Waals surface area contributed by atoms with E-state index in [1.807, 2.05) is 0 Å². The normalized spacial score (nSPS) is 14.1. The second-order valence-electron chi connectivity index (χ2n) is 5.74. The van der Waals surface area contributed by atoms with Crippen LogP contribution in [0.1, 0.15) is 5.56 Å². The second kappa shape index (κ2) is 8.94. The van der Waals surface area contributed by atoms with Crippen LogP contribution in [0.3, 0.4) is 0 Å². The van der Waals surface area contributed by atoms with Gasteiger partial charge in [-0.15, -0.1) is 30.0 Å². The third kappa shape index (κ3) is 7.07. The number of nitrogens with zero attached hydrogens (tertiary/aromatic N) is 2. The van der Waals surface area contributed by atoms with E-state index in [0.717, 1.165) is 12.1 Å². The smallest absolute Gasteiger partial charge is 0.407 e. The van der Waals surface area contributed by atoms with E-state index in [1.54, 1.807) is 0 Å². The van der Waals surface area contributed by atoms with Gasteiger partial charge in [-0.25, -0.2) is 18.2 Å². The van der Waals surface area contributed by atoms with Gasteiger partial charge in [0.25, 0.3) is 5.88 Å². The van der Waals surface area contributed by atoms with Crippen LogP contribution in [0, 0.1) is 12.7 Å². The summed E-state index contributed by atoms with van der Waals surface area (Å²) in [6.45, 7) is 1.32. The van der Waals surface area contributed by atoms with Crippen molar-refractivity contribution in [1.29, 1.82) is 0 Å². The van der Waals surface area contributed by atoms with Gasteiger partial charge in [-0.05, 0) is 24.6 Å². The van der Waals surface area contributed by atoms with Gasteiger partial charge in [-0.1, -0.05) is 11.6 Å². The van der Waals surface area contributed by atoms with Crippen molar-refractivity contribution >= 4 is 23.4 Å². The lowest BCUT2D eigenvalue weighted by Gasteiger charge is -2.21. The lowest BCUT2D eigenvalue weighted by atomic mass is 10.2. The average Bonchev–Trinajstić information content (AvgIpc) is 2.91. The number of aromatic nitrogens is 2. The number of hydrogen-bond donors (Lipinski definition) is 0. The Morgan fingerprint density at radius 1 is 1.13 bits per heavy atom. The van der Waals surface area contributed by atoms with Crippen LogP contribution in [0.2, 0.25) is 5.02 Å². The number of ether oxygens (including phenoxy) is 2. The summed E-state index contributed by atoms with van der Waals surface area (Å²) in [5.41, 5.74) is -0.417. The lowest BCUT2D eigenvalue weighted by Crippen LogP contribution is -2.41. The molecule has 0 N–H and O–H groups in total. The fourth-order valence-electron chi connectivity index (χ4n) is 2.02. The highest BCUT2D eigenvalue weighted by Crippen LogP contribution is 2.36. The molecule has 1 unspecified atom stereocenters. The highest BCUT2D eigenvalue weighted by molar-refractivity contribution is 7.99. The third-order valence-corrected chi connectivity index (χ3v) is 4.74. The molecule has 0 aliphatic heterocycles. The molecule has 2 aromatic rings. The summed E-state index contributed by atoms with van der Waals surface area (Å²) in [4.78, 5) is -0.0319. The topological polar surface area (TPSA) is 36.3 Å². The fourth-order valence-corrected chi connectivity index (χ4v) is 2.99. The fraction of sp³-hybridized carbons (Fsp3) is 0.400. The number of rotatable bonds is 7. The number of aryl methyl sites for hydroxylation is 1. The zero-order chi connectivity index (χ0) is 23.8. The molecule has 1 atom stereocenters. The molecule has 174 valence electrons. The first-order valence-electron chi connectivity index (χ1n) is 7.69. The van der Waals surface area contributed by atoms with E-state index >= 15 is 0 Å². The maximum Gasteiger partial charge on any atom is 0.525 e. The monoisotopic (exact) mass is 506 g/mol. The number of halogens is 11. The Morgan fingerprint density at radius 3 is 2.29 bits per heavy atom. The van der Waals surface area contributed by atoms with E-state index < -0.39 is 53.2 Å². The lowest BCUT2D eigenvalue weighted by molar-refractivity contribution is -0.411. The molecule has 1 aromatic heterocycles. The van der Waals surface area contributed by atoms with Crippen molar-refractivity contribution < 1.29 is 53.4 Å². The molecule has 0 saturated heterocycles. The van der Waals surface area contributed by atoms with E-state index in [2.05, 4.69) is 14.6 Å². The van der Waals surface area contributed by atoms with Crippen molar-refractivity contribution in [2.45, 2.75) is 36.8 Å². The minimum Gasteiger partial charge on any atom is -0.407 e. The number of benzene rings is 1. The Hall–Kier alpha value is -1.87. The maximum absolute atomic E-state index is 14.3. The summed E-state index contributed by atoms with van der Waals surface area (Å²) < 4.78 is 134. The maximum atomic E-state index is 14.3. The summed E-state index contributed by atoms with van der Waals surface area (Å²) in [5.74, 6) is -3.64. The Balaban J connectivity index is 2.31. The van der Waals surface area contributed by atoms with Crippen LogP contribution in [-0.2, 0) is 4.74 Å². The standard InChI is InChI=1S/C15H9ClF10N2O2S/c1-6-2-8(17)9(3-10(6)31-5-13(19,20)21)28-4-7(16)11(27-28)29-14(22,23)12(18)30-15(24,25)26/h2-4,12H,5H2,1H3. The minimum atomic E-state index is -5.75. The molecule has 31 heavy (non-hydrogen) atoms. The van der Waals surface area contributed by atoms with E-state index in [-0.39, 0.29) is 10.5 Å². The number of hydrogen-bond acceptors (Lipinski definition) is 4. The predicted molar refractivity (Wildman–Crippen MR) is 87.7 cm³/mol. The molecular formula is C15H9ClF10N2O2S. The van der Waals surface area contributed by atoms with Crippen molar-refractivity contribution in [2.75, 3.05) is 5.75 Å². The Kier molecular flexibility index (Phi) is 7.32. The predicted octanol–water partition coefficient (Wildman–Crippen LogP) is 6.43. The first-order chi connectivity index (χ1) is 14.0. The molecule has 1 aromatic carbocycles. The summed E-state index contributed by atoms with van der Waals surface area (Å²) >= 11 is 5.89. The summed E-state index contributed by atoms with van der Waals surface area (Å²) in [7, 11) is 0. The van der Waals surface area contributed by atoms with Crippen molar-refractivity contribution in [3.8, 4) is 11.6 Å². The van der Waals surface area contributed by atoms with Gasteiger partial charge in [0.05, 0.1) is 11.9 Å². The molecule has 2 rings (SSSR count). The quantitative estimate of drug-likeness (QED) is 0.320. The minimum absolute atomic E-state index is 0.0319. The van der Waals surface area contributed by atoms with Crippen LogP contribution < -0.4 is 4.74 Å². The summed E-state index contributed by atoms with van der Waals surface area (Å²) in [5, 5.41) is 2.50. The molecule has 0 aliphatic rings. The van der Waals surface area contributed by atoms with Gasteiger partial charge in [-0.3, -0.25) is 0 Å². The van der Waals surface area contributed by atoms with Gasteiger partial charge in [0.2, 0.25) is 0 Å². The van der Waals surface area contributed by atoms with Crippen LogP contribution in [0.25, 0.3) is 5.69 Å². The second-order valence-corrected chi connectivity index (χ2v) is 7.17. The molecule has 0 saturated carbocycles. The SMILES string of the molecule is Cc1cc(F)c(-n2cc(Cl)c(OC(F)(F)C(F)OC(F)(F)F)n2)cc1SCC(F)(F)F. The van der Waals surface area contributed by atoms with Crippen LogP contribution in [0.5, 0.6) is 5.88 Å². The Bertz CT molecular complexity index is 932. The highest BCUT2D eigenvalue weighted by atomic mass is 35.5. The van der Waals surface area contributed by atoms with Crippen LogP contribution in [0.15, 0.2) is 23.2 Å². The van der Waals surface area contributed by atoms with Gasteiger partial charge in [0.15, 0.2) is 0 Å². The molecule has 16 heteroatoms. The van der Waals surface area contributed by atoms with E-state index in [0.29, 0.717) is 22.6 Å². The van der Waals surface area contributed by atoms with Gasteiger partial charge in [0.1, 0.15) is 16.5 Å². The van der Waals surface area contributed by atoms with Gasteiger partial charge in [0, 0.05) is 4.90 Å². The van der Waals surface area contributed by atoms with Gasteiger partial charge >= 0.3 is 25.0 Å². The third-order valence-electron chi connectivity index (χ3n) is 3.26. The van der Waals surface area contributed by atoms with Crippen LogP contribution in [-0.4, -0.2) is 40.5 Å². The average molecular weight is 507 g/mol. The number of thioether (sulfide) groups is 1. The molecule has 0 aliphatic carbocycles. The summed E-state index contributed by atoms with van der Waals surface area (Å²) in [6.07, 6.45) is -19.1. The molecular weight excluding hydrogens is 498 g/mol. The van der Waals surface area contributed by atoms with Gasteiger partial charge in [-0.2, -0.15) is 22.0 Å². The molecule has 0 bridgehead atoms. The van der Waals surface area contributed by atoms with Crippen molar-refractivity contribution in [1.82, 2.24) is 9.78 Å². The van der Waals surface area contributed by atoms with E-state index in [4.69, 9.17) is 11.6 Å². The van der Waals surface area contributed by atoms with E-state index in [1.165, 1.54) is 6.92 Å². The van der Waals surface area contributed by atoms with Crippen molar-refractivity contribution in [3.63, 3.8) is 0 Å². The molecule has 0 fully saturated rings. The van der Waals surface area contributed by atoms with Gasteiger partial charge < -0.3 is 4.74 Å². The highest BCUT2D eigenvalue weighted by Gasteiger charge is 2.51. The van der Waals surface area contributed by atoms with E-state index in [9.17, 15) is 43.9 Å². The molecule has 1 heterocycles. The zero-order valence-electron chi connectivity index (χ0n) is 14.8. The largest absolute Gasteiger partial charge is 0.525 e. The van der Waals surface area contributed by atoms with Crippen LogP contribution in [0.4, 0.5) is 43.9 Å². The Labute approximate surface area is 176 Å². The molecule has 0 spiro atoms. The molecule has 0 radical (unpaired) electrons. The zero-order valence-corrected chi connectivity index (χ0v) is 16.4. The molecule has 0 amide bonds. The Morgan fingerprint density at radius 2 is 1.74 bits per heavy atom. The van der Waals surface area contributed by atoms with Crippen molar-refractivity contribution in [3.05, 3.63) is 34.7 Å². The molecule has 4 nitrogen and oxygen atoms in total. The number of alkyl halides is 9. The first kappa shape index (κ1) is 25.4. The summed E-state index contributed by atoms with van der Waals surface area (Å²) in [6, 6.07) is 1.75.